The van der Waals surface area contributed by atoms with Crippen LogP contribution in [0.3, 0.4) is 0 Å². The number of pyridine rings is 1. The van der Waals surface area contributed by atoms with Crippen molar-refractivity contribution < 1.29 is 39.9 Å². The Labute approximate surface area is 195 Å². The Morgan fingerprint density at radius 1 is 1.21 bits per heavy atom. The Morgan fingerprint density at radius 2 is 1.85 bits per heavy atom. The summed E-state index contributed by atoms with van der Waals surface area (Å²) in [5, 5.41) is 23.8. The fraction of sp³-hybridized carbons (Fsp3) is 0.524. The molecule has 0 radical (unpaired) electrons. The van der Waals surface area contributed by atoms with E-state index in [1.54, 1.807) is 12.1 Å². The summed E-state index contributed by atoms with van der Waals surface area (Å²) in [6.45, 7) is 1.56. The predicted molar refractivity (Wildman–Crippen MR) is 116 cm³/mol. The lowest BCUT2D eigenvalue weighted by Crippen LogP contribution is -2.61. The third-order valence-electron chi connectivity index (χ3n) is 5.51. The van der Waals surface area contributed by atoms with Crippen molar-refractivity contribution in [2.75, 3.05) is 6.54 Å². The second-order valence-electron chi connectivity index (χ2n) is 8.22. The van der Waals surface area contributed by atoms with Crippen molar-refractivity contribution in [1.82, 2.24) is 20.5 Å². The van der Waals surface area contributed by atoms with Gasteiger partial charge in [-0.1, -0.05) is 0 Å². The first kappa shape index (κ1) is 26.8. The number of aromatic nitrogens is 1. The van der Waals surface area contributed by atoms with Gasteiger partial charge in [-0.05, 0) is 37.5 Å². The minimum absolute atomic E-state index is 0.0816. The minimum Gasteiger partial charge on any atom is -0.480 e. The summed E-state index contributed by atoms with van der Waals surface area (Å²) in [5.41, 5.74) is 9.53. The molecular weight excluding hydrogens is 448 g/mol. The van der Waals surface area contributed by atoms with Crippen LogP contribution in [-0.2, 0) is 30.4 Å². The predicted octanol–water partition coefficient (Wildman–Crippen LogP) is -3.46. The molecule has 0 spiro atoms. The number of hydrogen-bond acceptors (Lipinski definition) is 8. The van der Waals surface area contributed by atoms with Crippen molar-refractivity contribution in [3.05, 3.63) is 30.1 Å². The molecule has 1 fully saturated rings. The summed E-state index contributed by atoms with van der Waals surface area (Å²) in [5.74, 6) is -4.05. The number of nitrogens with one attached hydrogen (secondary N) is 2. The standard InChI is InChI=1S/C21H30N6O7/c1-11(28)17(23)19(31)25-13(9-12-4-6-24-7-5-12)20(32)27-8-2-3-15(27)18(30)26-14(21(33)34)10-16(22)29/h4-7,11,13-15,17,28H,2-3,8-10,23H2,1H3,(H2,22,29)(H,25,31)(H,26,30)(H,33,34)/p+1/t11-,13+,14+,15+,17+/m1/s1. The zero-order chi connectivity index (χ0) is 25.4. The molecule has 13 nitrogen and oxygen atoms in total. The van der Waals surface area contributed by atoms with Crippen LogP contribution >= 0.6 is 0 Å². The highest BCUT2D eigenvalue weighted by Gasteiger charge is 2.39. The Bertz CT molecular complexity index is 910. The SMILES string of the molecule is C[C@@H](O)[C@H](N)C(=O)N[C@@H](Cc1ccncc1)C(=O)N1CCC[C@H]1C(=O)N[C@@H](CC([NH3+])=O)C(=O)O. The lowest BCUT2D eigenvalue weighted by atomic mass is 10.0. The van der Waals surface area contributed by atoms with E-state index in [1.165, 1.54) is 24.2 Å². The number of carbonyl (C=O) groups excluding carboxylic acids is 4. The van der Waals surface area contributed by atoms with E-state index < -0.39 is 66.3 Å². The van der Waals surface area contributed by atoms with Gasteiger partial charge in [0.2, 0.25) is 17.7 Å². The van der Waals surface area contributed by atoms with Crippen molar-refractivity contribution in [1.29, 1.82) is 0 Å². The molecule has 2 rings (SSSR count). The van der Waals surface area contributed by atoms with Gasteiger partial charge in [0.15, 0.2) is 0 Å². The Kier molecular flexibility index (Phi) is 9.59. The number of carbonyl (C=O) groups is 5. The number of amides is 4. The van der Waals surface area contributed by atoms with E-state index in [9.17, 15) is 34.2 Å². The van der Waals surface area contributed by atoms with Gasteiger partial charge >= 0.3 is 11.9 Å². The molecule has 4 amide bonds. The molecule has 13 heteroatoms. The monoisotopic (exact) mass is 479 g/mol. The molecule has 1 aliphatic heterocycles. The number of rotatable bonds is 11. The van der Waals surface area contributed by atoms with Crippen LogP contribution in [0.2, 0.25) is 0 Å². The minimum atomic E-state index is -1.47. The molecule has 9 N–H and O–H groups in total. The molecule has 0 aromatic carbocycles. The van der Waals surface area contributed by atoms with Gasteiger partial charge in [0.25, 0.3) is 0 Å². The van der Waals surface area contributed by atoms with Crippen molar-refractivity contribution in [2.45, 2.75) is 62.9 Å². The van der Waals surface area contributed by atoms with Crippen LogP contribution < -0.4 is 22.1 Å². The Morgan fingerprint density at radius 3 is 2.41 bits per heavy atom. The summed E-state index contributed by atoms with van der Waals surface area (Å²) in [7, 11) is 0. The highest BCUT2D eigenvalue weighted by atomic mass is 16.4. The topological polar surface area (TPSA) is 220 Å². The third kappa shape index (κ3) is 7.30. The average Bonchev–Trinajstić information content (AvgIpc) is 3.27. The van der Waals surface area contributed by atoms with Gasteiger partial charge in [-0.15, -0.1) is 0 Å². The van der Waals surface area contributed by atoms with E-state index in [4.69, 9.17) is 5.73 Å². The second-order valence-corrected chi connectivity index (χ2v) is 8.22. The molecule has 0 aliphatic carbocycles. The quantitative estimate of drug-likeness (QED) is 0.185. The third-order valence-corrected chi connectivity index (χ3v) is 5.51. The highest BCUT2D eigenvalue weighted by Crippen LogP contribution is 2.20. The van der Waals surface area contributed by atoms with E-state index in [-0.39, 0.29) is 19.4 Å². The molecule has 1 aliphatic rings. The number of nitrogens with zero attached hydrogens (tertiary/aromatic N) is 2. The maximum Gasteiger partial charge on any atom is 0.326 e. The molecular formula is C21H31N6O7+. The van der Waals surface area contributed by atoms with Crippen molar-refractivity contribution in [3.63, 3.8) is 0 Å². The van der Waals surface area contributed by atoms with Gasteiger partial charge in [0, 0.05) is 25.4 Å². The van der Waals surface area contributed by atoms with Gasteiger partial charge in [0.05, 0.1) is 12.5 Å². The molecule has 1 aromatic heterocycles. The lowest BCUT2D eigenvalue weighted by Gasteiger charge is -2.30. The molecule has 0 bridgehead atoms. The maximum absolute atomic E-state index is 13.4. The van der Waals surface area contributed by atoms with Crippen molar-refractivity contribution in [3.8, 4) is 0 Å². The van der Waals surface area contributed by atoms with E-state index in [1.807, 2.05) is 0 Å². The smallest absolute Gasteiger partial charge is 0.326 e. The largest absolute Gasteiger partial charge is 0.480 e. The number of hydrogen-bond donors (Lipinski definition) is 6. The first-order valence-electron chi connectivity index (χ1n) is 10.8. The second kappa shape index (κ2) is 12.2. The van der Waals surface area contributed by atoms with Gasteiger partial charge in [0.1, 0.15) is 24.2 Å². The molecule has 0 saturated carbocycles. The zero-order valence-corrected chi connectivity index (χ0v) is 18.8. The molecule has 2 heterocycles. The maximum atomic E-state index is 13.4. The van der Waals surface area contributed by atoms with Crippen LogP contribution in [0.1, 0.15) is 31.7 Å². The van der Waals surface area contributed by atoms with Crippen molar-refractivity contribution in [2.24, 2.45) is 5.73 Å². The summed E-state index contributed by atoms with van der Waals surface area (Å²) >= 11 is 0. The van der Waals surface area contributed by atoms with Crippen LogP contribution in [0, 0.1) is 0 Å². The Hall–Kier alpha value is -3.42. The van der Waals surface area contributed by atoms with Crippen molar-refractivity contribution >= 4 is 29.6 Å². The number of nitrogens with two attached hydrogens (primary N) is 1. The summed E-state index contributed by atoms with van der Waals surface area (Å²) in [6.07, 6.45) is 2.28. The number of likely N-dealkylation sites (tertiary alicyclic amines) is 1. The van der Waals surface area contributed by atoms with Crippen LogP contribution in [0.4, 0.5) is 0 Å². The van der Waals surface area contributed by atoms with Crippen LogP contribution in [0.5, 0.6) is 0 Å². The molecule has 186 valence electrons. The number of aliphatic carboxylic acids is 1. The molecule has 5 atom stereocenters. The number of aliphatic hydroxyl groups is 1. The fourth-order valence-corrected chi connectivity index (χ4v) is 3.64. The lowest BCUT2D eigenvalue weighted by molar-refractivity contribution is -0.306. The van der Waals surface area contributed by atoms with Gasteiger partial charge in [-0.2, -0.15) is 0 Å². The first-order chi connectivity index (χ1) is 16.0. The summed E-state index contributed by atoms with van der Waals surface area (Å²) < 4.78 is 0. The molecule has 1 saturated heterocycles. The summed E-state index contributed by atoms with van der Waals surface area (Å²) in [6, 6.07) is -1.46. The normalized spacial score (nSPS) is 18.9. The van der Waals surface area contributed by atoms with Crippen LogP contribution in [-0.4, -0.2) is 86.5 Å². The molecule has 1 aromatic rings. The fourth-order valence-electron chi connectivity index (χ4n) is 3.64. The number of carboxylic acid groups (broad SMARTS) is 1. The van der Waals surface area contributed by atoms with E-state index in [0.29, 0.717) is 12.0 Å². The number of aliphatic hydroxyl groups excluding tert-OH is 1. The number of quaternary nitrogens is 1. The van der Waals surface area contributed by atoms with E-state index in [2.05, 4.69) is 21.4 Å². The molecule has 0 unspecified atom stereocenters. The van der Waals surface area contributed by atoms with Crippen LogP contribution in [0.15, 0.2) is 24.5 Å². The zero-order valence-electron chi connectivity index (χ0n) is 18.8. The first-order valence-corrected chi connectivity index (χ1v) is 10.8. The number of carboxylic acids is 1. The highest BCUT2D eigenvalue weighted by molar-refractivity contribution is 5.95. The van der Waals surface area contributed by atoms with Gasteiger partial charge in [-0.3, -0.25) is 25.1 Å². The summed E-state index contributed by atoms with van der Waals surface area (Å²) in [4.78, 5) is 66.5. The van der Waals surface area contributed by atoms with E-state index in [0.717, 1.165) is 0 Å². The average molecular weight is 480 g/mol. The van der Waals surface area contributed by atoms with Crippen LogP contribution in [0.25, 0.3) is 0 Å². The Balaban J connectivity index is 2.22. The van der Waals surface area contributed by atoms with Gasteiger partial charge in [-0.25, -0.2) is 9.59 Å². The molecule has 34 heavy (non-hydrogen) atoms. The van der Waals surface area contributed by atoms with Gasteiger partial charge < -0.3 is 31.5 Å². The van der Waals surface area contributed by atoms with E-state index >= 15 is 0 Å².